The summed E-state index contributed by atoms with van der Waals surface area (Å²) in [6.45, 7) is 6.52. The van der Waals surface area contributed by atoms with E-state index in [1.807, 2.05) is 42.5 Å². The molecule has 0 spiro atoms. The summed E-state index contributed by atoms with van der Waals surface area (Å²) >= 11 is 6.04. The second-order valence-corrected chi connectivity index (χ2v) is 9.28. The number of methoxy groups -OCH3 is 1. The third kappa shape index (κ3) is 4.23. The van der Waals surface area contributed by atoms with Crippen molar-refractivity contribution in [2.45, 2.75) is 31.9 Å². The first-order valence-electron chi connectivity index (χ1n) is 10.5. The minimum Gasteiger partial charge on any atom is -0.464 e. The summed E-state index contributed by atoms with van der Waals surface area (Å²) < 4.78 is 11.5. The summed E-state index contributed by atoms with van der Waals surface area (Å²) in [6.07, 6.45) is 1.80. The minimum absolute atomic E-state index is 0.0325. The molecule has 0 amide bonds. The van der Waals surface area contributed by atoms with E-state index in [1.165, 1.54) is 12.7 Å². The van der Waals surface area contributed by atoms with Crippen molar-refractivity contribution in [3.05, 3.63) is 101 Å². The van der Waals surface area contributed by atoms with E-state index in [0.29, 0.717) is 16.5 Å². The fourth-order valence-electron chi connectivity index (χ4n) is 3.75. The summed E-state index contributed by atoms with van der Waals surface area (Å²) in [5.41, 5.74) is 3.09. The zero-order valence-electron chi connectivity index (χ0n) is 18.6. The Morgan fingerprint density at radius 1 is 1.00 bits per heavy atom. The van der Waals surface area contributed by atoms with Gasteiger partial charge in [-0.3, -0.25) is 0 Å². The van der Waals surface area contributed by atoms with Gasteiger partial charge in [-0.2, -0.15) is 0 Å². The van der Waals surface area contributed by atoms with Crippen molar-refractivity contribution in [2.24, 2.45) is 0 Å². The number of rotatable bonds is 4. The van der Waals surface area contributed by atoms with Crippen LogP contribution in [0.5, 0.6) is 5.75 Å². The van der Waals surface area contributed by atoms with Crippen molar-refractivity contribution < 1.29 is 14.3 Å². The first-order valence-corrected chi connectivity index (χ1v) is 10.8. The van der Waals surface area contributed by atoms with E-state index in [9.17, 15) is 4.79 Å². The van der Waals surface area contributed by atoms with Gasteiger partial charge in [0.05, 0.1) is 7.11 Å². The average molecular weight is 448 g/mol. The van der Waals surface area contributed by atoms with Crippen molar-refractivity contribution in [1.29, 1.82) is 0 Å². The molecule has 0 aliphatic carbocycles. The largest absolute Gasteiger partial charge is 0.464 e. The van der Waals surface area contributed by atoms with Gasteiger partial charge in [0.15, 0.2) is 0 Å². The summed E-state index contributed by atoms with van der Waals surface area (Å²) in [5.74, 6) is 0.0534. The van der Waals surface area contributed by atoms with Gasteiger partial charge in [0.2, 0.25) is 0 Å². The van der Waals surface area contributed by atoms with E-state index in [4.69, 9.17) is 21.1 Å². The van der Waals surface area contributed by atoms with Gasteiger partial charge in [0.25, 0.3) is 5.72 Å². The van der Waals surface area contributed by atoms with Gasteiger partial charge in [0, 0.05) is 22.3 Å². The Bertz CT molecular complexity index is 1160. The average Bonchev–Trinajstić information content (AvgIpc) is 2.79. The first kappa shape index (κ1) is 22.0. The number of fused-ring (bicyclic) bond motifs is 1. The highest BCUT2D eigenvalue weighted by Gasteiger charge is 2.44. The van der Waals surface area contributed by atoms with Gasteiger partial charge >= 0.3 is 5.97 Å². The maximum absolute atomic E-state index is 13.1. The number of esters is 1. The Morgan fingerprint density at radius 2 is 1.69 bits per heavy atom. The van der Waals surface area contributed by atoms with Crippen molar-refractivity contribution in [3.63, 3.8) is 0 Å². The predicted octanol–water partition coefficient (Wildman–Crippen LogP) is 6.44. The van der Waals surface area contributed by atoms with E-state index in [2.05, 4.69) is 32.2 Å². The molecule has 4 nitrogen and oxygen atoms in total. The fraction of sp³-hybridized carbons (Fsp3) is 0.222. The first-order chi connectivity index (χ1) is 15.2. The molecular weight excluding hydrogens is 422 g/mol. The minimum atomic E-state index is -1.54. The standard InChI is InChI=1S/C27H26ClNO3/c1-26(2,3)19-10-15-24-22(16-19)23(18-8-6-5-7-9-18)17-27(32-24,25(30)31-4)29-21-13-11-20(28)12-14-21/h5-17,29H,1-4H3. The van der Waals surface area contributed by atoms with E-state index in [1.54, 1.807) is 30.3 Å². The number of halogens is 1. The molecule has 0 radical (unpaired) electrons. The quantitative estimate of drug-likeness (QED) is 0.467. The molecule has 0 bridgehead atoms. The number of nitrogens with one attached hydrogen (secondary N) is 1. The van der Waals surface area contributed by atoms with Crippen LogP contribution in [0.4, 0.5) is 5.69 Å². The van der Waals surface area contributed by atoms with E-state index in [0.717, 1.165) is 16.7 Å². The third-order valence-corrected chi connectivity index (χ3v) is 5.75. The molecule has 32 heavy (non-hydrogen) atoms. The van der Waals surface area contributed by atoms with Gasteiger partial charge in [-0.25, -0.2) is 4.79 Å². The lowest BCUT2D eigenvalue weighted by Crippen LogP contribution is -2.52. The zero-order chi connectivity index (χ0) is 22.9. The van der Waals surface area contributed by atoms with Crippen molar-refractivity contribution in [1.82, 2.24) is 0 Å². The van der Waals surface area contributed by atoms with Crippen LogP contribution in [0.15, 0.2) is 78.9 Å². The molecule has 1 aliphatic heterocycles. The number of anilines is 1. The Labute approximate surface area is 193 Å². The Balaban J connectivity index is 1.91. The topological polar surface area (TPSA) is 47.6 Å². The Hall–Kier alpha value is -3.24. The summed E-state index contributed by atoms with van der Waals surface area (Å²) in [7, 11) is 1.35. The molecule has 1 heterocycles. The van der Waals surface area contributed by atoms with Crippen LogP contribution >= 0.6 is 11.6 Å². The van der Waals surface area contributed by atoms with Crippen LogP contribution in [0, 0.1) is 0 Å². The molecule has 5 heteroatoms. The fourth-order valence-corrected chi connectivity index (χ4v) is 3.87. The summed E-state index contributed by atoms with van der Waals surface area (Å²) in [4.78, 5) is 13.1. The number of ether oxygens (including phenoxy) is 2. The lowest BCUT2D eigenvalue weighted by molar-refractivity contribution is -0.152. The third-order valence-electron chi connectivity index (χ3n) is 5.50. The molecule has 1 N–H and O–H groups in total. The van der Waals surface area contributed by atoms with Gasteiger partial charge in [0.1, 0.15) is 5.75 Å². The zero-order valence-corrected chi connectivity index (χ0v) is 19.4. The Morgan fingerprint density at radius 3 is 2.31 bits per heavy atom. The molecule has 3 aromatic carbocycles. The molecule has 4 rings (SSSR count). The molecule has 0 saturated heterocycles. The second-order valence-electron chi connectivity index (χ2n) is 8.85. The summed E-state index contributed by atoms with van der Waals surface area (Å²) in [6, 6.07) is 23.2. The van der Waals surface area contributed by atoms with Crippen LogP contribution in [-0.2, 0) is 14.9 Å². The highest BCUT2D eigenvalue weighted by molar-refractivity contribution is 6.30. The Kier molecular flexibility index (Phi) is 5.74. The highest BCUT2D eigenvalue weighted by Crippen LogP contribution is 2.42. The molecular formula is C27H26ClNO3. The van der Waals surface area contributed by atoms with Crippen LogP contribution in [0.2, 0.25) is 5.02 Å². The van der Waals surface area contributed by atoms with Crippen molar-refractivity contribution in [3.8, 4) is 5.75 Å². The van der Waals surface area contributed by atoms with Crippen LogP contribution in [-0.4, -0.2) is 18.8 Å². The van der Waals surface area contributed by atoms with Crippen LogP contribution in [0.25, 0.3) is 5.57 Å². The van der Waals surface area contributed by atoms with Gasteiger partial charge < -0.3 is 14.8 Å². The lowest BCUT2D eigenvalue weighted by atomic mass is 9.83. The number of carbonyl (C=O) groups excluding carboxylic acids is 1. The number of hydrogen-bond donors (Lipinski definition) is 1. The van der Waals surface area contributed by atoms with Crippen molar-refractivity contribution in [2.75, 3.05) is 12.4 Å². The van der Waals surface area contributed by atoms with Crippen LogP contribution < -0.4 is 10.1 Å². The lowest BCUT2D eigenvalue weighted by Gasteiger charge is -2.36. The van der Waals surface area contributed by atoms with E-state index < -0.39 is 11.7 Å². The van der Waals surface area contributed by atoms with Gasteiger partial charge in [-0.05, 0) is 58.5 Å². The van der Waals surface area contributed by atoms with Crippen LogP contribution in [0.1, 0.15) is 37.5 Å². The number of hydrogen-bond acceptors (Lipinski definition) is 4. The second kappa shape index (κ2) is 8.36. The van der Waals surface area contributed by atoms with Crippen LogP contribution in [0.3, 0.4) is 0 Å². The van der Waals surface area contributed by atoms with E-state index >= 15 is 0 Å². The van der Waals surface area contributed by atoms with E-state index in [-0.39, 0.29) is 5.41 Å². The number of carbonyl (C=O) groups is 1. The summed E-state index contributed by atoms with van der Waals surface area (Å²) in [5, 5.41) is 3.83. The SMILES string of the molecule is COC(=O)C1(Nc2ccc(Cl)cc2)C=C(c2ccccc2)c2cc(C(C)(C)C)ccc2O1. The molecule has 0 saturated carbocycles. The molecule has 0 aromatic heterocycles. The van der Waals surface area contributed by atoms with Crippen molar-refractivity contribution >= 4 is 28.8 Å². The number of benzene rings is 3. The normalized spacial score (nSPS) is 17.6. The smallest absolute Gasteiger partial charge is 0.376 e. The molecule has 1 atom stereocenters. The monoisotopic (exact) mass is 447 g/mol. The molecule has 1 aliphatic rings. The maximum atomic E-state index is 13.1. The molecule has 164 valence electrons. The molecule has 3 aromatic rings. The predicted molar refractivity (Wildman–Crippen MR) is 129 cm³/mol. The maximum Gasteiger partial charge on any atom is 0.376 e. The molecule has 0 fully saturated rings. The van der Waals surface area contributed by atoms with Gasteiger partial charge in [-0.1, -0.05) is 68.8 Å². The highest BCUT2D eigenvalue weighted by atomic mass is 35.5. The molecule has 1 unspecified atom stereocenters. The van der Waals surface area contributed by atoms with Gasteiger partial charge in [-0.15, -0.1) is 0 Å².